The Kier molecular flexibility index (Phi) is 13.4. The Bertz CT molecular complexity index is 500. The van der Waals surface area contributed by atoms with E-state index < -0.39 is 5.97 Å². The smallest absolute Gasteiger partial charge is 0.283 e. The molecule has 1 rings (SSSR count). The summed E-state index contributed by atoms with van der Waals surface area (Å²) in [6, 6.07) is 6.80. The third-order valence-corrected chi connectivity index (χ3v) is 5.28. The second-order valence-corrected chi connectivity index (χ2v) is 7.63. The van der Waals surface area contributed by atoms with E-state index in [2.05, 4.69) is 6.92 Å². The van der Waals surface area contributed by atoms with Gasteiger partial charge in [-0.1, -0.05) is 64.0 Å². The van der Waals surface area contributed by atoms with Gasteiger partial charge >= 0.3 is 0 Å². The zero-order valence-corrected chi connectivity index (χ0v) is 18.2. The number of unbranched alkanes of at least 4 members (excludes halogenated alkanes) is 6. The van der Waals surface area contributed by atoms with Crippen molar-refractivity contribution >= 4 is 0 Å². The van der Waals surface area contributed by atoms with E-state index in [4.69, 9.17) is 9.47 Å². The lowest BCUT2D eigenvalue weighted by molar-refractivity contribution is -0.385. The molecule has 0 aliphatic heterocycles. The first-order chi connectivity index (χ1) is 13.6. The zero-order chi connectivity index (χ0) is 20.7. The standard InChI is InChI=1S/C24H41FO3/c1-4-7-8-9-10-11-17-22(24(26,27-5-2)28-6-3)18-13-12-15-21-16-14-19-23(25)20-21/h14,16,19-20,22,26H,4-13,15,17-18H2,1-3H3. The zero-order valence-electron chi connectivity index (χ0n) is 18.2. The van der Waals surface area contributed by atoms with E-state index in [1.165, 1.54) is 38.2 Å². The molecule has 0 amide bonds. The minimum Gasteiger partial charge on any atom is -0.343 e. The number of rotatable bonds is 17. The van der Waals surface area contributed by atoms with Gasteiger partial charge in [0.05, 0.1) is 0 Å². The second-order valence-electron chi connectivity index (χ2n) is 7.63. The molecule has 3 nitrogen and oxygen atoms in total. The van der Waals surface area contributed by atoms with Gasteiger partial charge in [-0.3, -0.25) is 0 Å². The van der Waals surface area contributed by atoms with Gasteiger partial charge in [-0.05, 0) is 57.2 Å². The molecule has 0 spiro atoms. The minimum absolute atomic E-state index is 0.0360. The molecule has 28 heavy (non-hydrogen) atoms. The minimum atomic E-state index is -1.49. The molecule has 1 aromatic rings. The summed E-state index contributed by atoms with van der Waals surface area (Å²) in [5.41, 5.74) is 1.03. The summed E-state index contributed by atoms with van der Waals surface area (Å²) in [4.78, 5) is 0. The van der Waals surface area contributed by atoms with Crippen molar-refractivity contribution in [2.45, 2.75) is 97.4 Å². The van der Waals surface area contributed by atoms with Gasteiger partial charge in [0.15, 0.2) is 0 Å². The molecule has 0 heterocycles. The first kappa shape index (κ1) is 25.1. The van der Waals surface area contributed by atoms with Crippen LogP contribution in [-0.4, -0.2) is 24.3 Å². The number of halogens is 1. The van der Waals surface area contributed by atoms with E-state index in [9.17, 15) is 9.50 Å². The predicted molar refractivity (Wildman–Crippen MR) is 114 cm³/mol. The number of hydrogen-bond acceptors (Lipinski definition) is 3. The number of benzene rings is 1. The first-order valence-electron chi connectivity index (χ1n) is 11.3. The van der Waals surface area contributed by atoms with Gasteiger partial charge in [0.1, 0.15) is 5.82 Å². The highest BCUT2D eigenvalue weighted by Crippen LogP contribution is 2.31. The van der Waals surface area contributed by atoms with Crippen LogP contribution in [0.25, 0.3) is 0 Å². The summed E-state index contributed by atoms with van der Waals surface area (Å²) in [6.07, 6.45) is 11.9. The number of aryl methyl sites for hydroxylation is 1. The van der Waals surface area contributed by atoms with Gasteiger partial charge in [0, 0.05) is 19.1 Å². The SMILES string of the molecule is CCCCCCCCC(CCCCc1cccc(F)c1)C(O)(OCC)OCC. The molecule has 0 saturated carbocycles. The van der Waals surface area contributed by atoms with Crippen molar-refractivity contribution in [1.82, 2.24) is 0 Å². The van der Waals surface area contributed by atoms with Crippen molar-refractivity contribution in [3.63, 3.8) is 0 Å². The van der Waals surface area contributed by atoms with Crippen molar-refractivity contribution in [2.75, 3.05) is 13.2 Å². The Morgan fingerprint density at radius 1 is 0.893 bits per heavy atom. The molecule has 0 bridgehead atoms. The molecular formula is C24H41FO3. The van der Waals surface area contributed by atoms with Crippen LogP contribution in [0, 0.1) is 11.7 Å². The van der Waals surface area contributed by atoms with Crippen LogP contribution in [-0.2, 0) is 15.9 Å². The molecule has 0 fully saturated rings. The average molecular weight is 397 g/mol. The fourth-order valence-electron chi connectivity index (χ4n) is 3.78. The molecule has 0 aliphatic carbocycles. The van der Waals surface area contributed by atoms with Gasteiger partial charge in [-0.2, -0.15) is 0 Å². The van der Waals surface area contributed by atoms with Crippen molar-refractivity contribution < 1.29 is 19.0 Å². The van der Waals surface area contributed by atoms with E-state index in [1.807, 2.05) is 19.9 Å². The van der Waals surface area contributed by atoms with Crippen LogP contribution in [0.5, 0.6) is 0 Å². The Hall–Kier alpha value is -0.970. The maximum absolute atomic E-state index is 13.3. The normalized spacial score (nSPS) is 13.0. The predicted octanol–water partition coefficient (Wildman–Crippen LogP) is 6.62. The highest BCUT2D eigenvalue weighted by molar-refractivity contribution is 5.16. The number of ether oxygens (including phenoxy) is 2. The number of aliphatic hydroxyl groups is 1. The first-order valence-corrected chi connectivity index (χ1v) is 11.3. The lowest BCUT2D eigenvalue weighted by atomic mass is 9.91. The van der Waals surface area contributed by atoms with Gasteiger partial charge in [0.25, 0.3) is 5.97 Å². The maximum atomic E-state index is 13.3. The molecule has 4 heteroatoms. The highest BCUT2D eigenvalue weighted by Gasteiger charge is 2.37. The Labute approximate surface area is 171 Å². The van der Waals surface area contributed by atoms with Crippen LogP contribution in [0.4, 0.5) is 4.39 Å². The van der Waals surface area contributed by atoms with Gasteiger partial charge in [-0.25, -0.2) is 4.39 Å². The van der Waals surface area contributed by atoms with E-state index in [0.717, 1.165) is 44.1 Å². The van der Waals surface area contributed by atoms with E-state index in [1.54, 1.807) is 12.1 Å². The van der Waals surface area contributed by atoms with E-state index in [0.29, 0.717) is 13.2 Å². The monoisotopic (exact) mass is 396 g/mol. The molecule has 0 saturated heterocycles. The molecule has 1 aromatic carbocycles. The quantitative estimate of drug-likeness (QED) is 0.237. The van der Waals surface area contributed by atoms with Gasteiger partial charge < -0.3 is 14.6 Å². The molecule has 0 aliphatic rings. The molecule has 1 atom stereocenters. The summed E-state index contributed by atoms with van der Waals surface area (Å²) in [5, 5.41) is 11.0. The van der Waals surface area contributed by atoms with Crippen molar-refractivity contribution in [3.05, 3.63) is 35.6 Å². The largest absolute Gasteiger partial charge is 0.343 e. The van der Waals surface area contributed by atoms with Crippen LogP contribution in [0.1, 0.15) is 90.5 Å². The molecule has 0 aromatic heterocycles. The van der Waals surface area contributed by atoms with Gasteiger partial charge in [-0.15, -0.1) is 0 Å². The third-order valence-electron chi connectivity index (χ3n) is 5.28. The van der Waals surface area contributed by atoms with Crippen molar-refractivity contribution in [2.24, 2.45) is 5.92 Å². The Morgan fingerprint density at radius 3 is 2.11 bits per heavy atom. The summed E-state index contributed by atoms with van der Waals surface area (Å²) in [5.74, 6) is -1.71. The molecule has 1 unspecified atom stereocenters. The Morgan fingerprint density at radius 2 is 1.50 bits per heavy atom. The average Bonchev–Trinajstić information content (AvgIpc) is 2.66. The summed E-state index contributed by atoms with van der Waals surface area (Å²) < 4.78 is 24.6. The summed E-state index contributed by atoms with van der Waals surface area (Å²) >= 11 is 0. The van der Waals surface area contributed by atoms with Gasteiger partial charge in [0.2, 0.25) is 0 Å². The van der Waals surface area contributed by atoms with Crippen LogP contribution >= 0.6 is 0 Å². The highest BCUT2D eigenvalue weighted by atomic mass is 19.1. The summed E-state index contributed by atoms with van der Waals surface area (Å²) in [6.45, 7) is 6.84. The van der Waals surface area contributed by atoms with Crippen molar-refractivity contribution in [1.29, 1.82) is 0 Å². The topological polar surface area (TPSA) is 38.7 Å². The lowest BCUT2D eigenvalue weighted by Gasteiger charge is -2.35. The van der Waals surface area contributed by atoms with E-state index in [-0.39, 0.29) is 11.7 Å². The summed E-state index contributed by atoms with van der Waals surface area (Å²) in [7, 11) is 0. The fourth-order valence-corrected chi connectivity index (χ4v) is 3.78. The maximum Gasteiger partial charge on any atom is 0.283 e. The lowest BCUT2D eigenvalue weighted by Crippen LogP contribution is -2.44. The van der Waals surface area contributed by atoms with Crippen LogP contribution in [0.3, 0.4) is 0 Å². The Balaban J connectivity index is 2.52. The number of hydrogen-bond donors (Lipinski definition) is 1. The van der Waals surface area contributed by atoms with Crippen LogP contribution in [0.15, 0.2) is 24.3 Å². The molecule has 162 valence electrons. The van der Waals surface area contributed by atoms with Crippen molar-refractivity contribution in [3.8, 4) is 0 Å². The van der Waals surface area contributed by atoms with Crippen LogP contribution in [0.2, 0.25) is 0 Å². The van der Waals surface area contributed by atoms with E-state index >= 15 is 0 Å². The van der Waals surface area contributed by atoms with Crippen LogP contribution < -0.4 is 0 Å². The molecule has 0 radical (unpaired) electrons. The second kappa shape index (κ2) is 14.9. The molecular weight excluding hydrogens is 355 g/mol. The fraction of sp³-hybridized carbons (Fsp3) is 0.750. The third kappa shape index (κ3) is 9.99. The molecule has 1 N–H and O–H groups in total.